The first-order valence-corrected chi connectivity index (χ1v) is 34.1. The lowest BCUT2D eigenvalue weighted by molar-refractivity contribution is -0.167. The summed E-state index contributed by atoms with van der Waals surface area (Å²) in [5, 5.41) is 0. The SMILES string of the molecule is CC/C=C\C/C=C\C/C=C\CCCCCCCC(=O)OCC(COC(=O)CCCCCCCCCCCCCCCCCCCCCCCCCCC)OC(=O)CCCCCCCCCCC/C=C\CCCCCCCC. The zero-order valence-corrected chi connectivity index (χ0v) is 51.7. The van der Waals surface area contributed by atoms with Gasteiger partial charge in [-0.05, 0) is 77.0 Å². The average molecular weight is 1080 g/mol. The van der Waals surface area contributed by atoms with Crippen molar-refractivity contribution in [3.63, 3.8) is 0 Å². The van der Waals surface area contributed by atoms with Gasteiger partial charge in [-0.3, -0.25) is 14.4 Å². The smallest absolute Gasteiger partial charge is 0.306 e. The molecule has 0 heterocycles. The number of unbranched alkanes of at least 4 members (excludes halogenated alkanes) is 44. The second-order valence-corrected chi connectivity index (χ2v) is 23.1. The third-order valence-corrected chi connectivity index (χ3v) is 15.3. The summed E-state index contributed by atoms with van der Waals surface area (Å²) in [6.45, 7) is 6.57. The number of hydrogen-bond acceptors (Lipinski definition) is 6. The third kappa shape index (κ3) is 64.1. The van der Waals surface area contributed by atoms with Crippen molar-refractivity contribution >= 4 is 17.9 Å². The van der Waals surface area contributed by atoms with E-state index in [0.29, 0.717) is 19.3 Å². The minimum atomic E-state index is -0.781. The number of ether oxygens (including phenoxy) is 3. The van der Waals surface area contributed by atoms with E-state index < -0.39 is 6.10 Å². The van der Waals surface area contributed by atoms with E-state index in [4.69, 9.17) is 14.2 Å². The van der Waals surface area contributed by atoms with Crippen molar-refractivity contribution in [1.82, 2.24) is 0 Å². The molecule has 0 aromatic rings. The van der Waals surface area contributed by atoms with Crippen molar-refractivity contribution in [1.29, 1.82) is 0 Å². The summed E-state index contributed by atoms with van der Waals surface area (Å²) in [6, 6.07) is 0. The number of carbonyl (C=O) groups excluding carboxylic acids is 3. The Kier molecular flexibility index (Phi) is 63.6. The predicted octanol–water partition coefficient (Wildman–Crippen LogP) is 23.3. The first-order valence-electron chi connectivity index (χ1n) is 34.1. The maximum absolute atomic E-state index is 12.9. The molecule has 0 aliphatic rings. The summed E-state index contributed by atoms with van der Waals surface area (Å²) in [7, 11) is 0. The highest BCUT2D eigenvalue weighted by atomic mass is 16.6. The molecule has 0 aliphatic carbocycles. The number of carbonyl (C=O) groups is 3. The predicted molar refractivity (Wildman–Crippen MR) is 335 cm³/mol. The standard InChI is InChI=1S/C71H130O6/c1-4-7-10-13-16-19-22-25-28-30-32-33-34-35-36-37-39-40-43-46-49-52-55-58-61-64-70(73)76-67-68(66-75-69(72)63-60-57-54-51-48-45-42-27-24-21-18-15-12-9-6-3)77-71(74)65-62-59-56-53-50-47-44-41-38-31-29-26-23-20-17-14-11-8-5-2/h9,12,18,21,26-27,29,42,68H,4-8,10-11,13-17,19-20,22-25,28,30-41,43-67H2,1-3H3/b12-9-,21-18-,29-26-,42-27-. The first-order chi connectivity index (χ1) is 38.0. The van der Waals surface area contributed by atoms with Crippen LogP contribution >= 0.6 is 0 Å². The molecule has 6 heteroatoms. The molecule has 0 radical (unpaired) electrons. The highest BCUT2D eigenvalue weighted by Gasteiger charge is 2.19. The van der Waals surface area contributed by atoms with Crippen LogP contribution < -0.4 is 0 Å². The second-order valence-electron chi connectivity index (χ2n) is 23.1. The van der Waals surface area contributed by atoms with Crippen molar-refractivity contribution in [2.24, 2.45) is 0 Å². The highest BCUT2D eigenvalue weighted by Crippen LogP contribution is 2.18. The van der Waals surface area contributed by atoms with Gasteiger partial charge in [0.1, 0.15) is 13.2 Å². The fraction of sp³-hybridized carbons (Fsp3) is 0.845. The molecule has 77 heavy (non-hydrogen) atoms. The van der Waals surface area contributed by atoms with Gasteiger partial charge in [-0.1, -0.05) is 320 Å². The maximum atomic E-state index is 12.9. The van der Waals surface area contributed by atoms with E-state index in [0.717, 1.165) is 96.3 Å². The third-order valence-electron chi connectivity index (χ3n) is 15.3. The fourth-order valence-corrected chi connectivity index (χ4v) is 10.2. The number of hydrogen-bond donors (Lipinski definition) is 0. The summed E-state index contributed by atoms with van der Waals surface area (Å²) < 4.78 is 17.0. The molecule has 450 valence electrons. The van der Waals surface area contributed by atoms with Gasteiger partial charge < -0.3 is 14.2 Å². The van der Waals surface area contributed by atoms with E-state index in [1.54, 1.807) is 0 Å². The minimum Gasteiger partial charge on any atom is -0.462 e. The largest absolute Gasteiger partial charge is 0.462 e. The number of rotatable bonds is 63. The van der Waals surface area contributed by atoms with Crippen molar-refractivity contribution < 1.29 is 28.6 Å². The average Bonchev–Trinajstić information content (AvgIpc) is 3.43. The molecule has 0 aromatic heterocycles. The van der Waals surface area contributed by atoms with Crippen molar-refractivity contribution in [3.05, 3.63) is 48.6 Å². The minimum absolute atomic E-state index is 0.0756. The molecule has 0 aromatic carbocycles. The van der Waals surface area contributed by atoms with Crippen LogP contribution in [0.25, 0.3) is 0 Å². The number of allylic oxidation sites excluding steroid dienone is 8. The molecule has 0 fully saturated rings. The molecule has 0 bridgehead atoms. The maximum Gasteiger partial charge on any atom is 0.306 e. The van der Waals surface area contributed by atoms with E-state index in [1.165, 1.54) is 231 Å². The van der Waals surface area contributed by atoms with Crippen molar-refractivity contribution in [3.8, 4) is 0 Å². The Labute approximate surface area is 479 Å². The zero-order chi connectivity index (χ0) is 55.7. The summed E-state index contributed by atoms with van der Waals surface area (Å²) in [5.74, 6) is -0.871. The molecule has 0 saturated carbocycles. The molecule has 1 unspecified atom stereocenters. The lowest BCUT2D eigenvalue weighted by atomic mass is 10.0. The molecule has 0 aliphatic heterocycles. The Balaban J connectivity index is 4.27. The Hall–Kier alpha value is -2.63. The summed E-state index contributed by atoms with van der Waals surface area (Å²) in [5.41, 5.74) is 0. The first kappa shape index (κ1) is 74.4. The van der Waals surface area contributed by atoms with E-state index in [-0.39, 0.29) is 31.1 Å². The van der Waals surface area contributed by atoms with Gasteiger partial charge in [-0.15, -0.1) is 0 Å². The van der Waals surface area contributed by atoms with Gasteiger partial charge >= 0.3 is 17.9 Å². The van der Waals surface area contributed by atoms with E-state index in [1.807, 2.05) is 0 Å². The van der Waals surface area contributed by atoms with Crippen molar-refractivity contribution in [2.45, 2.75) is 374 Å². The quantitative estimate of drug-likeness (QED) is 0.0261. The Bertz CT molecular complexity index is 1330. The van der Waals surface area contributed by atoms with Gasteiger partial charge in [0.15, 0.2) is 6.10 Å². The van der Waals surface area contributed by atoms with Crippen LogP contribution in [-0.2, 0) is 28.6 Å². The monoisotopic (exact) mass is 1080 g/mol. The molecular formula is C71H130O6. The molecular weight excluding hydrogens is 949 g/mol. The molecule has 0 amide bonds. The summed E-state index contributed by atoms with van der Waals surface area (Å²) in [4.78, 5) is 38.4. The molecule has 0 N–H and O–H groups in total. The van der Waals surface area contributed by atoms with Gasteiger partial charge in [0.25, 0.3) is 0 Å². The van der Waals surface area contributed by atoms with Crippen LogP contribution in [0.3, 0.4) is 0 Å². The lowest BCUT2D eigenvalue weighted by Crippen LogP contribution is -2.30. The normalized spacial score (nSPS) is 12.3. The van der Waals surface area contributed by atoms with Crippen LogP contribution in [-0.4, -0.2) is 37.2 Å². The van der Waals surface area contributed by atoms with Crippen LogP contribution in [0, 0.1) is 0 Å². The number of esters is 3. The van der Waals surface area contributed by atoms with Crippen LogP contribution in [0.4, 0.5) is 0 Å². The van der Waals surface area contributed by atoms with Gasteiger partial charge in [0.05, 0.1) is 0 Å². The molecule has 1 atom stereocenters. The van der Waals surface area contributed by atoms with E-state index >= 15 is 0 Å². The summed E-state index contributed by atoms with van der Waals surface area (Å²) in [6.07, 6.45) is 82.8. The topological polar surface area (TPSA) is 78.9 Å². The van der Waals surface area contributed by atoms with E-state index in [2.05, 4.69) is 69.4 Å². The lowest BCUT2D eigenvalue weighted by Gasteiger charge is -2.18. The highest BCUT2D eigenvalue weighted by molar-refractivity contribution is 5.71. The molecule has 0 spiro atoms. The van der Waals surface area contributed by atoms with Gasteiger partial charge in [0, 0.05) is 19.3 Å². The van der Waals surface area contributed by atoms with Crippen LogP contribution in [0.2, 0.25) is 0 Å². The van der Waals surface area contributed by atoms with Gasteiger partial charge in [0.2, 0.25) is 0 Å². The van der Waals surface area contributed by atoms with Gasteiger partial charge in [-0.25, -0.2) is 0 Å². The van der Waals surface area contributed by atoms with Crippen LogP contribution in [0.15, 0.2) is 48.6 Å². The Morgan fingerprint density at radius 1 is 0.273 bits per heavy atom. The second kappa shape index (κ2) is 65.9. The molecule has 6 nitrogen and oxygen atoms in total. The zero-order valence-electron chi connectivity index (χ0n) is 51.7. The molecule has 0 saturated heterocycles. The van der Waals surface area contributed by atoms with Crippen LogP contribution in [0.1, 0.15) is 367 Å². The fourth-order valence-electron chi connectivity index (χ4n) is 10.2. The molecule has 0 rings (SSSR count). The van der Waals surface area contributed by atoms with Crippen molar-refractivity contribution in [2.75, 3.05) is 13.2 Å². The Morgan fingerprint density at radius 2 is 0.506 bits per heavy atom. The van der Waals surface area contributed by atoms with Crippen LogP contribution in [0.5, 0.6) is 0 Å². The summed E-state index contributed by atoms with van der Waals surface area (Å²) >= 11 is 0. The Morgan fingerprint density at radius 3 is 0.805 bits per heavy atom. The van der Waals surface area contributed by atoms with Gasteiger partial charge in [-0.2, -0.15) is 0 Å². The van der Waals surface area contributed by atoms with E-state index in [9.17, 15) is 14.4 Å².